The van der Waals surface area contributed by atoms with E-state index in [9.17, 15) is 28.8 Å². The molecule has 2 aliphatic carbocycles. The summed E-state index contributed by atoms with van der Waals surface area (Å²) in [6, 6.07) is 19.8. The van der Waals surface area contributed by atoms with E-state index in [1.807, 2.05) is 24.3 Å². The van der Waals surface area contributed by atoms with Crippen LogP contribution in [0.4, 0.5) is 5.13 Å². The summed E-state index contributed by atoms with van der Waals surface area (Å²) >= 11 is 1.41. The fourth-order valence-corrected chi connectivity index (χ4v) is 7.88. The molecule has 4 aromatic rings. The standard InChI is InChI=1S/C49H47N3O12S/c1-4-9-41(64-48(58)34-18-16-33(17-19-34)47(57)63-39-26-22-37(23-27-39)61-44(54)6-3)35(30-50-52-49-51-40-10-7-8-11-42(40)65-49)28-29-59-45(55)31-12-14-32(15-13-31)46(56)62-38-24-20-36(21-25-38)60-43(53)5-2/h4-11,20-34H,2-3,12-19H2,1H3,(H,51,52)/b9-4-,29-28+,41-35-,50-30+. The van der Waals surface area contributed by atoms with Crippen LogP contribution in [-0.2, 0) is 38.2 Å². The molecule has 1 N–H and O–H groups in total. The van der Waals surface area contributed by atoms with Crippen molar-refractivity contribution in [3.63, 3.8) is 0 Å². The summed E-state index contributed by atoms with van der Waals surface area (Å²) in [4.78, 5) is 80.2. The highest BCUT2D eigenvalue weighted by Crippen LogP contribution is 2.34. The average molecular weight is 902 g/mol. The van der Waals surface area contributed by atoms with Crippen LogP contribution in [0.5, 0.6) is 23.0 Å². The quantitative estimate of drug-likeness (QED) is 0.0200. The van der Waals surface area contributed by atoms with Gasteiger partial charge in [0.2, 0.25) is 5.13 Å². The molecular formula is C49H47N3O12S. The number of anilines is 1. The molecule has 15 nitrogen and oxygen atoms in total. The van der Waals surface area contributed by atoms with Crippen molar-refractivity contribution >= 4 is 68.7 Å². The van der Waals surface area contributed by atoms with E-state index in [-0.39, 0.29) is 17.3 Å². The molecule has 2 fully saturated rings. The first-order valence-corrected chi connectivity index (χ1v) is 21.8. The minimum Gasteiger partial charge on any atom is -0.434 e. The number of thiazole rings is 1. The second-order valence-electron chi connectivity index (χ2n) is 15.0. The number of hydrogen-bond donors (Lipinski definition) is 1. The number of benzene rings is 3. The zero-order valence-electron chi connectivity index (χ0n) is 35.6. The van der Waals surface area contributed by atoms with Crippen LogP contribution >= 0.6 is 11.3 Å². The number of fused-ring (bicyclic) bond motifs is 1. The van der Waals surface area contributed by atoms with Crippen LogP contribution in [0, 0.1) is 23.7 Å². The lowest BCUT2D eigenvalue weighted by Gasteiger charge is -2.26. The van der Waals surface area contributed by atoms with Crippen molar-refractivity contribution in [2.24, 2.45) is 28.8 Å². The fraction of sp³-hybridized carbons (Fsp3) is 0.265. The number of carbonyl (C=O) groups excluding carboxylic acids is 6. The van der Waals surface area contributed by atoms with Crippen LogP contribution in [0.1, 0.15) is 58.3 Å². The van der Waals surface area contributed by atoms with E-state index in [2.05, 4.69) is 28.7 Å². The third-order valence-corrected chi connectivity index (χ3v) is 11.5. The van der Waals surface area contributed by atoms with Gasteiger partial charge in [-0.2, -0.15) is 5.10 Å². The minimum absolute atomic E-state index is 0.148. The minimum atomic E-state index is -0.606. The molecule has 0 aliphatic heterocycles. The van der Waals surface area contributed by atoms with Gasteiger partial charge in [-0.3, -0.25) is 24.6 Å². The second-order valence-corrected chi connectivity index (χ2v) is 16.0. The van der Waals surface area contributed by atoms with Crippen LogP contribution in [-0.4, -0.2) is 47.0 Å². The molecule has 0 unspecified atom stereocenters. The first kappa shape index (κ1) is 47.0. The van der Waals surface area contributed by atoms with Gasteiger partial charge in [-0.05, 0) is 131 Å². The summed E-state index contributed by atoms with van der Waals surface area (Å²) in [6.45, 7) is 8.48. The van der Waals surface area contributed by atoms with Crippen LogP contribution in [0.25, 0.3) is 10.2 Å². The van der Waals surface area contributed by atoms with Crippen LogP contribution < -0.4 is 24.4 Å². The number of rotatable bonds is 17. The predicted molar refractivity (Wildman–Crippen MR) is 242 cm³/mol. The Kier molecular flexibility index (Phi) is 16.8. The van der Waals surface area contributed by atoms with Gasteiger partial charge in [-0.25, -0.2) is 14.6 Å². The van der Waals surface area contributed by atoms with Gasteiger partial charge in [0.1, 0.15) is 28.8 Å². The molecule has 65 heavy (non-hydrogen) atoms. The zero-order valence-corrected chi connectivity index (χ0v) is 36.4. The van der Waals surface area contributed by atoms with Gasteiger partial charge in [0.15, 0.2) is 0 Å². The fourth-order valence-electron chi connectivity index (χ4n) is 7.06. The molecule has 0 radical (unpaired) electrons. The van der Waals surface area contributed by atoms with Crippen molar-refractivity contribution in [3.8, 4) is 23.0 Å². The number of allylic oxidation sites excluding steroid dienone is 4. The SMILES string of the molecule is C=CC(=O)Oc1ccc(OC(=O)C2CCC(C(=O)O/C=C/C(/C=N/Nc3nc4ccccc4s3)=C(\C=C/C)OC(=O)C3CCC(C(=O)Oc4ccc(OC(=O)C=C)cc4)CC3)CC2)cc1. The molecule has 0 atom stereocenters. The van der Waals surface area contributed by atoms with Gasteiger partial charge < -0.3 is 28.4 Å². The first-order valence-electron chi connectivity index (χ1n) is 20.9. The molecule has 3 aromatic carbocycles. The zero-order chi connectivity index (χ0) is 46.1. The van der Waals surface area contributed by atoms with E-state index < -0.39 is 59.5 Å². The maximum Gasteiger partial charge on any atom is 0.335 e. The Morgan fingerprint density at radius 1 is 0.631 bits per heavy atom. The molecule has 2 saturated carbocycles. The molecule has 0 saturated heterocycles. The van der Waals surface area contributed by atoms with Crippen LogP contribution in [0.3, 0.4) is 0 Å². The number of ether oxygens (including phenoxy) is 6. The van der Waals surface area contributed by atoms with Crippen molar-refractivity contribution in [1.82, 2.24) is 4.98 Å². The van der Waals surface area contributed by atoms with Gasteiger partial charge in [0.05, 0.1) is 46.4 Å². The maximum absolute atomic E-state index is 13.6. The summed E-state index contributed by atoms with van der Waals surface area (Å²) in [6.07, 6.45) is 12.7. The molecular weight excluding hydrogens is 855 g/mol. The average Bonchev–Trinajstić information content (AvgIpc) is 3.75. The number of aromatic nitrogens is 1. The smallest absolute Gasteiger partial charge is 0.335 e. The molecule has 0 bridgehead atoms. The molecule has 6 rings (SSSR count). The van der Waals surface area contributed by atoms with E-state index in [0.29, 0.717) is 73.6 Å². The van der Waals surface area contributed by atoms with E-state index in [1.165, 1.54) is 78.4 Å². The van der Waals surface area contributed by atoms with Crippen LogP contribution in [0.2, 0.25) is 0 Å². The Labute approximate surface area is 379 Å². The summed E-state index contributed by atoms with van der Waals surface area (Å²) in [7, 11) is 0. The third kappa shape index (κ3) is 13.8. The van der Waals surface area contributed by atoms with E-state index in [0.717, 1.165) is 22.4 Å². The lowest BCUT2D eigenvalue weighted by Crippen LogP contribution is -2.29. The number of hydrazone groups is 1. The largest absolute Gasteiger partial charge is 0.434 e. The molecule has 2 aliphatic rings. The molecule has 16 heteroatoms. The number of carbonyl (C=O) groups is 6. The van der Waals surface area contributed by atoms with Crippen molar-refractivity contribution in [3.05, 3.63) is 134 Å². The molecule has 0 spiro atoms. The lowest BCUT2D eigenvalue weighted by molar-refractivity contribution is -0.148. The number of nitrogens with zero attached hydrogens (tertiary/aromatic N) is 2. The number of nitrogens with one attached hydrogen (secondary N) is 1. The summed E-state index contributed by atoms with van der Waals surface area (Å²) in [5, 5.41) is 4.89. The predicted octanol–water partition coefficient (Wildman–Crippen LogP) is 9.13. The van der Waals surface area contributed by atoms with Crippen molar-refractivity contribution in [1.29, 1.82) is 0 Å². The Morgan fingerprint density at radius 2 is 1.09 bits per heavy atom. The number of para-hydroxylation sites is 1. The lowest BCUT2D eigenvalue weighted by atomic mass is 9.82. The van der Waals surface area contributed by atoms with Crippen LogP contribution in [0.15, 0.2) is 139 Å². The normalized spacial score (nSPS) is 18.9. The van der Waals surface area contributed by atoms with Crippen molar-refractivity contribution < 1.29 is 57.2 Å². The monoisotopic (exact) mass is 901 g/mol. The highest BCUT2D eigenvalue weighted by atomic mass is 32.1. The highest BCUT2D eigenvalue weighted by molar-refractivity contribution is 7.22. The summed E-state index contributed by atoms with van der Waals surface area (Å²) in [5.74, 6) is -3.52. The van der Waals surface area contributed by atoms with Gasteiger partial charge in [0, 0.05) is 17.7 Å². The Balaban J connectivity index is 1.06. The van der Waals surface area contributed by atoms with Gasteiger partial charge >= 0.3 is 35.8 Å². The Bertz CT molecular complexity index is 2470. The highest BCUT2D eigenvalue weighted by Gasteiger charge is 2.33. The molecule has 0 amide bonds. The molecule has 336 valence electrons. The topological polar surface area (TPSA) is 195 Å². The summed E-state index contributed by atoms with van der Waals surface area (Å²) < 4.78 is 33.7. The van der Waals surface area contributed by atoms with E-state index in [4.69, 9.17) is 28.4 Å². The number of hydrogen-bond acceptors (Lipinski definition) is 16. The van der Waals surface area contributed by atoms with Gasteiger partial charge in [0.25, 0.3) is 0 Å². The molecule has 1 heterocycles. The first-order chi connectivity index (χ1) is 31.5. The third-order valence-electron chi connectivity index (χ3n) is 10.5. The Hall–Kier alpha value is -7.46. The van der Waals surface area contributed by atoms with E-state index >= 15 is 0 Å². The van der Waals surface area contributed by atoms with Crippen molar-refractivity contribution in [2.75, 3.05) is 5.43 Å². The number of esters is 6. The van der Waals surface area contributed by atoms with Crippen molar-refractivity contribution in [2.45, 2.75) is 58.3 Å². The van der Waals surface area contributed by atoms with Gasteiger partial charge in [-0.15, -0.1) is 0 Å². The van der Waals surface area contributed by atoms with E-state index in [1.54, 1.807) is 19.1 Å². The van der Waals surface area contributed by atoms with Gasteiger partial charge in [-0.1, -0.05) is 42.7 Å². The second kappa shape index (κ2) is 23.3. The summed E-state index contributed by atoms with van der Waals surface area (Å²) in [5.41, 5.74) is 4.03. The maximum atomic E-state index is 13.6. The molecule has 1 aromatic heterocycles. The Morgan fingerprint density at radius 3 is 1.57 bits per heavy atom.